The number of amides is 1. The van der Waals surface area contributed by atoms with Crippen molar-refractivity contribution in [2.24, 2.45) is 0 Å². The summed E-state index contributed by atoms with van der Waals surface area (Å²) in [5.74, 6) is -3.28. The normalized spacial score (nSPS) is 11.2. The Morgan fingerprint density at radius 2 is 1.83 bits per heavy atom. The maximum Gasteiger partial charge on any atom is 0.305 e. The van der Waals surface area contributed by atoms with Crippen LogP contribution in [0, 0.1) is 21.7 Å². The largest absolute Gasteiger partial charge is 0.347 e. The van der Waals surface area contributed by atoms with Crippen molar-refractivity contribution in [3.05, 3.63) is 39.4 Å². The average Bonchev–Trinajstić information content (AvgIpc) is 2.13. The Balaban J connectivity index is 3.21. The van der Waals surface area contributed by atoms with Crippen molar-refractivity contribution >= 4 is 11.6 Å². The molecule has 0 saturated carbocycles. The molecule has 1 amide bonds. The summed E-state index contributed by atoms with van der Waals surface area (Å²) in [4.78, 5) is 21.2. The van der Waals surface area contributed by atoms with Crippen LogP contribution in [0.2, 0.25) is 0 Å². The van der Waals surface area contributed by atoms with E-state index < -0.39 is 39.3 Å². The fourth-order valence-corrected chi connectivity index (χ4v) is 1.26. The number of carbonyl (C=O) groups is 1. The molecule has 0 aliphatic carbocycles. The van der Waals surface area contributed by atoms with Crippen LogP contribution in [0.25, 0.3) is 0 Å². The number of nitro groups is 1. The van der Waals surface area contributed by atoms with Gasteiger partial charge < -0.3 is 5.32 Å². The first-order chi connectivity index (χ1) is 8.11. The van der Waals surface area contributed by atoms with Crippen molar-refractivity contribution < 1.29 is 18.5 Å². The number of nitrogens with one attached hydrogen (secondary N) is 1. The predicted molar refractivity (Wildman–Crippen MR) is 60.2 cm³/mol. The number of carbonyl (C=O) groups excluding carboxylic acids is 1. The lowest BCUT2D eigenvalue weighted by Crippen LogP contribution is -2.41. The van der Waals surface area contributed by atoms with Gasteiger partial charge >= 0.3 is 5.69 Å². The minimum Gasteiger partial charge on any atom is -0.347 e. The molecule has 1 rings (SSSR count). The van der Waals surface area contributed by atoms with Gasteiger partial charge in [-0.25, -0.2) is 4.39 Å². The molecule has 0 aromatic heterocycles. The highest BCUT2D eigenvalue weighted by Gasteiger charge is 2.24. The Labute approximate surface area is 102 Å². The number of benzene rings is 1. The number of halogens is 2. The van der Waals surface area contributed by atoms with Gasteiger partial charge in [-0.2, -0.15) is 4.39 Å². The maximum atomic E-state index is 13.4. The van der Waals surface area contributed by atoms with Crippen LogP contribution >= 0.6 is 0 Å². The Hall–Kier alpha value is -2.05. The zero-order valence-corrected chi connectivity index (χ0v) is 10.1. The molecule has 0 saturated heterocycles. The van der Waals surface area contributed by atoms with Crippen LogP contribution in [0.3, 0.4) is 0 Å². The van der Waals surface area contributed by atoms with Gasteiger partial charge in [-0.05, 0) is 20.8 Å². The zero-order valence-electron chi connectivity index (χ0n) is 10.1. The van der Waals surface area contributed by atoms with Crippen LogP contribution in [0.15, 0.2) is 12.1 Å². The summed E-state index contributed by atoms with van der Waals surface area (Å²) in [7, 11) is 0. The van der Waals surface area contributed by atoms with Gasteiger partial charge in [0.05, 0.1) is 10.5 Å². The lowest BCUT2D eigenvalue weighted by molar-refractivity contribution is -0.387. The molecule has 5 nitrogen and oxygen atoms in total. The van der Waals surface area contributed by atoms with E-state index >= 15 is 0 Å². The Morgan fingerprint density at radius 1 is 1.28 bits per heavy atom. The van der Waals surface area contributed by atoms with Gasteiger partial charge in [0.25, 0.3) is 5.91 Å². The van der Waals surface area contributed by atoms with E-state index in [0.29, 0.717) is 12.1 Å². The van der Waals surface area contributed by atoms with Crippen molar-refractivity contribution in [2.45, 2.75) is 26.3 Å². The number of hydrogen-bond acceptors (Lipinski definition) is 3. The van der Waals surface area contributed by atoms with E-state index in [9.17, 15) is 23.7 Å². The second-order valence-corrected chi connectivity index (χ2v) is 4.74. The standard InChI is InChI=1S/C11H12F2N2O3/c1-11(2,3)14-10(16)6-4-9(15(17)18)8(13)5-7(6)12/h4-5H,1-3H3,(H,14,16). The van der Waals surface area contributed by atoms with Gasteiger partial charge in [-0.3, -0.25) is 14.9 Å². The number of rotatable bonds is 2. The summed E-state index contributed by atoms with van der Waals surface area (Å²) in [6.07, 6.45) is 0. The van der Waals surface area contributed by atoms with Gasteiger partial charge in [0.2, 0.25) is 5.82 Å². The summed E-state index contributed by atoms with van der Waals surface area (Å²) >= 11 is 0. The number of nitro benzene ring substituents is 1. The number of hydrogen-bond donors (Lipinski definition) is 1. The Morgan fingerprint density at radius 3 is 2.28 bits per heavy atom. The topological polar surface area (TPSA) is 72.2 Å². The molecule has 0 aliphatic heterocycles. The third-order valence-corrected chi connectivity index (χ3v) is 1.97. The van der Waals surface area contributed by atoms with Crippen LogP contribution in [-0.4, -0.2) is 16.4 Å². The Kier molecular flexibility index (Phi) is 3.64. The third-order valence-electron chi connectivity index (χ3n) is 1.97. The van der Waals surface area contributed by atoms with Crippen LogP contribution in [0.4, 0.5) is 14.5 Å². The minimum atomic E-state index is -1.31. The molecule has 0 radical (unpaired) electrons. The van der Waals surface area contributed by atoms with Crippen LogP contribution < -0.4 is 5.32 Å². The highest BCUT2D eigenvalue weighted by molar-refractivity contribution is 5.95. The van der Waals surface area contributed by atoms with Gasteiger partial charge in [0.1, 0.15) is 5.82 Å². The molecule has 0 fully saturated rings. The fourth-order valence-electron chi connectivity index (χ4n) is 1.26. The molecule has 0 aliphatic rings. The van der Waals surface area contributed by atoms with Crippen molar-refractivity contribution in [1.29, 1.82) is 0 Å². The first kappa shape index (κ1) is 14.0. The summed E-state index contributed by atoms with van der Waals surface area (Å²) in [5.41, 5.74) is -2.12. The maximum absolute atomic E-state index is 13.4. The van der Waals surface area contributed by atoms with Crippen LogP contribution in [-0.2, 0) is 0 Å². The number of nitrogens with zero attached hydrogens (tertiary/aromatic N) is 1. The lowest BCUT2D eigenvalue weighted by atomic mass is 10.1. The van der Waals surface area contributed by atoms with E-state index in [2.05, 4.69) is 5.32 Å². The van der Waals surface area contributed by atoms with Gasteiger partial charge in [0, 0.05) is 17.7 Å². The van der Waals surface area contributed by atoms with Gasteiger partial charge in [0.15, 0.2) is 0 Å². The monoisotopic (exact) mass is 258 g/mol. The molecule has 0 unspecified atom stereocenters. The Bertz CT molecular complexity index is 510. The minimum absolute atomic E-state index is 0.329. The lowest BCUT2D eigenvalue weighted by Gasteiger charge is -2.20. The van der Waals surface area contributed by atoms with E-state index in [-0.39, 0.29) is 0 Å². The second-order valence-electron chi connectivity index (χ2n) is 4.74. The molecule has 1 aromatic carbocycles. The zero-order chi connectivity index (χ0) is 14.1. The van der Waals surface area contributed by atoms with E-state index in [1.165, 1.54) is 0 Å². The van der Waals surface area contributed by atoms with Crippen molar-refractivity contribution in [1.82, 2.24) is 5.32 Å². The van der Waals surface area contributed by atoms with Crippen molar-refractivity contribution in [3.63, 3.8) is 0 Å². The smallest absolute Gasteiger partial charge is 0.305 e. The predicted octanol–water partition coefficient (Wildman–Crippen LogP) is 2.40. The van der Waals surface area contributed by atoms with E-state index in [1.807, 2.05) is 0 Å². The molecular weight excluding hydrogens is 246 g/mol. The molecule has 0 atom stereocenters. The average molecular weight is 258 g/mol. The van der Waals surface area contributed by atoms with Crippen molar-refractivity contribution in [3.8, 4) is 0 Å². The second kappa shape index (κ2) is 4.67. The summed E-state index contributed by atoms with van der Waals surface area (Å²) in [5, 5.41) is 12.9. The highest BCUT2D eigenvalue weighted by Crippen LogP contribution is 2.21. The van der Waals surface area contributed by atoms with Gasteiger partial charge in [-0.15, -0.1) is 0 Å². The summed E-state index contributed by atoms with van der Waals surface area (Å²) in [6.45, 7) is 5.00. The fraction of sp³-hybridized carbons (Fsp3) is 0.364. The quantitative estimate of drug-likeness (QED) is 0.654. The van der Waals surface area contributed by atoms with E-state index in [1.54, 1.807) is 20.8 Å². The summed E-state index contributed by atoms with van der Waals surface area (Å²) < 4.78 is 26.5. The molecule has 0 heterocycles. The first-order valence-electron chi connectivity index (χ1n) is 5.08. The molecular formula is C11H12F2N2O3. The molecule has 0 bridgehead atoms. The van der Waals surface area contributed by atoms with Crippen molar-refractivity contribution in [2.75, 3.05) is 0 Å². The third kappa shape index (κ3) is 3.22. The van der Waals surface area contributed by atoms with E-state index in [4.69, 9.17) is 0 Å². The molecule has 1 N–H and O–H groups in total. The van der Waals surface area contributed by atoms with Crippen LogP contribution in [0.1, 0.15) is 31.1 Å². The molecule has 98 valence electrons. The first-order valence-corrected chi connectivity index (χ1v) is 5.08. The van der Waals surface area contributed by atoms with Gasteiger partial charge in [-0.1, -0.05) is 0 Å². The van der Waals surface area contributed by atoms with Crippen LogP contribution in [0.5, 0.6) is 0 Å². The molecule has 0 spiro atoms. The SMILES string of the molecule is CC(C)(C)NC(=O)c1cc([N+](=O)[O-])c(F)cc1F. The summed E-state index contributed by atoms with van der Waals surface area (Å²) in [6, 6.07) is 0.918. The highest BCUT2D eigenvalue weighted by atomic mass is 19.1. The molecule has 1 aromatic rings. The van der Waals surface area contributed by atoms with E-state index in [0.717, 1.165) is 0 Å². The molecule has 18 heavy (non-hydrogen) atoms. The molecule has 7 heteroatoms.